The Morgan fingerprint density at radius 1 is 1.50 bits per heavy atom. The average molecular weight is 345 g/mol. The molecule has 1 unspecified atom stereocenters. The fourth-order valence-corrected chi connectivity index (χ4v) is 3.11. The van der Waals surface area contributed by atoms with Crippen molar-refractivity contribution in [2.75, 3.05) is 5.32 Å². The van der Waals surface area contributed by atoms with E-state index in [1.54, 1.807) is 6.07 Å². The zero-order valence-corrected chi connectivity index (χ0v) is 12.3. The molecule has 0 spiro atoms. The molecule has 2 N–H and O–H groups in total. The number of thioether (sulfide) groups is 1. The van der Waals surface area contributed by atoms with Gasteiger partial charge in [-0.15, -0.1) is 0 Å². The second-order valence-corrected chi connectivity index (χ2v) is 6.35. The number of carbonyl (C=O) groups excluding carboxylic acids is 2. The molecule has 1 atom stereocenters. The number of thiocarbonyl (C=S) groups is 1. The third kappa shape index (κ3) is 3.30. The number of anilines is 1. The number of nitrogens with one attached hydrogen (secondary N) is 2. The zero-order chi connectivity index (χ0) is 13.1. The molecule has 4 nitrogen and oxygen atoms in total. The summed E-state index contributed by atoms with van der Waals surface area (Å²) in [7, 11) is 0. The molecule has 0 radical (unpaired) electrons. The van der Waals surface area contributed by atoms with Crippen molar-refractivity contribution in [1.82, 2.24) is 5.32 Å². The van der Waals surface area contributed by atoms with Gasteiger partial charge in [0.2, 0.25) is 11.8 Å². The summed E-state index contributed by atoms with van der Waals surface area (Å²) in [6.45, 7) is 0. The van der Waals surface area contributed by atoms with Gasteiger partial charge in [0.05, 0.1) is 10.9 Å². The smallest absolute Gasteiger partial charge is 0.239 e. The van der Waals surface area contributed by atoms with Crippen molar-refractivity contribution < 1.29 is 9.59 Å². The molecule has 0 saturated carbocycles. The summed E-state index contributed by atoms with van der Waals surface area (Å²) in [6.07, 6.45) is 0.109. The summed E-state index contributed by atoms with van der Waals surface area (Å²) in [5, 5.41) is 4.83. The van der Waals surface area contributed by atoms with E-state index in [0.29, 0.717) is 10.0 Å². The molecule has 18 heavy (non-hydrogen) atoms. The molecule has 1 saturated heterocycles. The largest absolute Gasteiger partial charge is 0.325 e. The highest BCUT2D eigenvalue weighted by Crippen LogP contribution is 2.24. The highest BCUT2D eigenvalue weighted by molar-refractivity contribution is 9.10. The fourth-order valence-electron chi connectivity index (χ4n) is 1.46. The molecule has 0 aromatic heterocycles. The molecule has 0 aliphatic carbocycles. The van der Waals surface area contributed by atoms with Crippen LogP contribution in [-0.4, -0.2) is 21.4 Å². The summed E-state index contributed by atoms with van der Waals surface area (Å²) in [4.78, 5) is 23.2. The van der Waals surface area contributed by atoms with Gasteiger partial charge < -0.3 is 10.6 Å². The van der Waals surface area contributed by atoms with Gasteiger partial charge in [0.15, 0.2) is 0 Å². The first-order valence-electron chi connectivity index (χ1n) is 5.12. The molecule has 1 aliphatic rings. The van der Waals surface area contributed by atoms with Crippen molar-refractivity contribution in [2.45, 2.75) is 11.7 Å². The van der Waals surface area contributed by atoms with Crippen molar-refractivity contribution in [3.05, 3.63) is 28.7 Å². The first kappa shape index (κ1) is 13.5. The van der Waals surface area contributed by atoms with E-state index < -0.39 is 5.25 Å². The number of rotatable bonds is 3. The van der Waals surface area contributed by atoms with Gasteiger partial charge >= 0.3 is 0 Å². The van der Waals surface area contributed by atoms with Gasteiger partial charge in [-0.2, -0.15) is 0 Å². The lowest BCUT2D eigenvalue weighted by atomic mass is 10.2. The number of hydrogen-bond acceptors (Lipinski definition) is 4. The predicted molar refractivity (Wildman–Crippen MR) is 79.5 cm³/mol. The first-order valence-corrected chi connectivity index (χ1v) is 7.20. The third-order valence-electron chi connectivity index (χ3n) is 2.29. The minimum Gasteiger partial charge on any atom is -0.325 e. The molecule has 1 heterocycles. The average Bonchev–Trinajstić information content (AvgIpc) is 2.61. The van der Waals surface area contributed by atoms with Gasteiger partial charge in [-0.1, -0.05) is 36.1 Å². The Balaban J connectivity index is 1.95. The van der Waals surface area contributed by atoms with Gasteiger partial charge in [-0.25, -0.2) is 0 Å². The molecule has 2 amide bonds. The van der Waals surface area contributed by atoms with Gasteiger partial charge in [-0.05, 0) is 28.1 Å². The van der Waals surface area contributed by atoms with E-state index in [0.717, 1.165) is 4.47 Å². The number of amides is 2. The summed E-state index contributed by atoms with van der Waals surface area (Å²) < 4.78 is 1.23. The predicted octanol–water partition coefficient (Wildman–Crippen LogP) is 2.29. The van der Waals surface area contributed by atoms with Gasteiger partial charge in [0.25, 0.3) is 0 Å². The molecular formula is C11H9BrN2O2S2. The molecule has 1 fully saturated rings. The van der Waals surface area contributed by atoms with E-state index in [4.69, 9.17) is 12.2 Å². The SMILES string of the molecule is O=C(CC1SC(=S)NC1=O)Nc1ccccc1Br. The first-order chi connectivity index (χ1) is 8.56. The maximum absolute atomic E-state index is 11.8. The van der Waals surface area contributed by atoms with E-state index in [2.05, 4.69) is 26.6 Å². The van der Waals surface area contributed by atoms with Crippen LogP contribution in [-0.2, 0) is 9.59 Å². The van der Waals surface area contributed by atoms with Crippen LogP contribution in [0.4, 0.5) is 5.69 Å². The van der Waals surface area contributed by atoms with E-state index in [-0.39, 0.29) is 18.2 Å². The molecular weight excluding hydrogens is 336 g/mol. The number of carbonyl (C=O) groups is 2. The maximum Gasteiger partial charge on any atom is 0.239 e. The van der Waals surface area contributed by atoms with E-state index in [1.807, 2.05) is 18.2 Å². The van der Waals surface area contributed by atoms with Gasteiger partial charge in [-0.3, -0.25) is 9.59 Å². The summed E-state index contributed by atoms with van der Waals surface area (Å²) in [5.41, 5.74) is 0.688. The second kappa shape index (κ2) is 5.81. The van der Waals surface area contributed by atoms with Crippen molar-refractivity contribution in [1.29, 1.82) is 0 Å². The van der Waals surface area contributed by atoms with Crippen LogP contribution in [0.5, 0.6) is 0 Å². The Hall–Kier alpha value is -0.920. The van der Waals surface area contributed by atoms with Crippen molar-refractivity contribution >= 4 is 61.7 Å². The van der Waals surface area contributed by atoms with E-state index in [1.165, 1.54) is 11.8 Å². The van der Waals surface area contributed by atoms with Crippen LogP contribution >= 0.6 is 39.9 Å². The standard InChI is InChI=1S/C11H9BrN2O2S2/c12-6-3-1-2-4-7(6)13-9(15)5-8-10(16)14-11(17)18-8/h1-4,8H,5H2,(H,13,15)(H,14,16,17). The zero-order valence-electron chi connectivity index (χ0n) is 9.10. The van der Waals surface area contributed by atoms with E-state index >= 15 is 0 Å². The molecule has 1 aromatic carbocycles. The monoisotopic (exact) mass is 344 g/mol. The van der Waals surface area contributed by atoms with Crippen LogP contribution in [0.15, 0.2) is 28.7 Å². The van der Waals surface area contributed by atoms with Crippen LogP contribution in [0.1, 0.15) is 6.42 Å². The van der Waals surface area contributed by atoms with Crippen molar-refractivity contribution in [2.24, 2.45) is 0 Å². The lowest BCUT2D eigenvalue weighted by Gasteiger charge is -2.08. The third-order valence-corrected chi connectivity index (χ3v) is 4.35. The Labute approximate surface area is 122 Å². The van der Waals surface area contributed by atoms with Crippen molar-refractivity contribution in [3.8, 4) is 0 Å². The minimum absolute atomic E-state index is 0.109. The van der Waals surface area contributed by atoms with Crippen LogP contribution in [0.3, 0.4) is 0 Å². The summed E-state index contributed by atoms with van der Waals surface area (Å²) >= 11 is 9.42. The molecule has 1 aromatic rings. The van der Waals surface area contributed by atoms with Crippen LogP contribution < -0.4 is 10.6 Å². The topological polar surface area (TPSA) is 58.2 Å². The number of hydrogen-bond donors (Lipinski definition) is 2. The number of para-hydroxylation sites is 1. The molecule has 94 valence electrons. The van der Waals surface area contributed by atoms with Gasteiger partial charge in [0.1, 0.15) is 4.32 Å². The minimum atomic E-state index is -0.431. The Bertz CT molecular complexity index is 522. The summed E-state index contributed by atoms with van der Waals surface area (Å²) in [6, 6.07) is 7.31. The molecule has 7 heteroatoms. The van der Waals surface area contributed by atoms with E-state index in [9.17, 15) is 9.59 Å². The van der Waals surface area contributed by atoms with Gasteiger partial charge in [0, 0.05) is 10.9 Å². The lowest BCUT2D eigenvalue weighted by Crippen LogP contribution is -2.27. The fraction of sp³-hybridized carbons (Fsp3) is 0.182. The Morgan fingerprint density at radius 3 is 2.83 bits per heavy atom. The van der Waals surface area contributed by atoms with Crippen LogP contribution in [0.25, 0.3) is 0 Å². The lowest BCUT2D eigenvalue weighted by molar-refractivity contribution is -0.122. The molecule has 0 bridgehead atoms. The molecule has 2 rings (SSSR count). The maximum atomic E-state index is 11.8. The summed E-state index contributed by atoms with van der Waals surface area (Å²) in [5.74, 6) is -0.411. The Kier molecular flexibility index (Phi) is 4.36. The van der Waals surface area contributed by atoms with Crippen molar-refractivity contribution in [3.63, 3.8) is 0 Å². The molecule has 1 aliphatic heterocycles. The number of halogens is 1. The second-order valence-electron chi connectivity index (χ2n) is 3.62. The van der Waals surface area contributed by atoms with Crippen LogP contribution in [0, 0.1) is 0 Å². The Morgan fingerprint density at radius 2 is 2.22 bits per heavy atom. The normalized spacial score (nSPS) is 18.6. The number of benzene rings is 1. The quantitative estimate of drug-likeness (QED) is 0.826. The highest BCUT2D eigenvalue weighted by Gasteiger charge is 2.30. The highest BCUT2D eigenvalue weighted by atomic mass is 79.9. The van der Waals surface area contributed by atoms with Crippen LogP contribution in [0.2, 0.25) is 0 Å².